The van der Waals surface area contributed by atoms with Crippen LogP contribution >= 0.6 is 0 Å². The molecule has 0 saturated heterocycles. The third kappa shape index (κ3) is 2.36. The first kappa shape index (κ1) is 13.2. The van der Waals surface area contributed by atoms with Crippen molar-refractivity contribution in [2.24, 2.45) is 0 Å². The lowest BCUT2D eigenvalue weighted by Crippen LogP contribution is -1.98. The van der Waals surface area contributed by atoms with E-state index in [9.17, 15) is 9.90 Å². The Bertz CT molecular complexity index is 860. The molecule has 1 aromatic heterocycles. The Morgan fingerprint density at radius 1 is 1.10 bits per heavy atom. The lowest BCUT2D eigenvalue weighted by Gasteiger charge is -2.09. The first-order valence-corrected chi connectivity index (χ1v) is 6.50. The summed E-state index contributed by atoms with van der Waals surface area (Å²) < 4.78 is 10.3. The topological polar surface area (TPSA) is 59.7 Å². The van der Waals surface area contributed by atoms with Gasteiger partial charge in [0.1, 0.15) is 17.1 Å². The molecule has 0 aliphatic rings. The van der Waals surface area contributed by atoms with Gasteiger partial charge < -0.3 is 14.3 Å². The first-order valence-electron chi connectivity index (χ1n) is 6.50. The van der Waals surface area contributed by atoms with E-state index in [2.05, 4.69) is 0 Å². The summed E-state index contributed by atoms with van der Waals surface area (Å²) in [5, 5.41) is 10.7. The summed E-state index contributed by atoms with van der Waals surface area (Å²) in [6.07, 6.45) is 0. The van der Waals surface area contributed by atoms with Gasteiger partial charge in [0.15, 0.2) is 0 Å². The molecule has 0 amide bonds. The number of aromatic hydroxyl groups is 1. The molecule has 0 bridgehead atoms. The number of benzene rings is 2. The summed E-state index contributed by atoms with van der Waals surface area (Å²) in [5.74, 6) is 0.825. The molecule has 0 aliphatic heterocycles. The van der Waals surface area contributed by atoms with E-state index >= 15 is 0 Å². The number of ether oxygens (including phenoxy) is 1. The standard InChI is InChI=1S/C17H14O4/c1-10-7-14(18)17-13(9-16(19)21-15(17)8-10)11-3-5-12(20-2)6-4-11/h3-9,18H,1-2H3. The second-order valence-corrected chi connectivity index (χ2v) is 4.86. The van der Waals surface area contributed by atoms with Crippen molar-refractivity contribution in [2.75, 3.05) is 7.11 Å². The fraction of sp³-hybridized carbons (Fsp3) is 0.118. The molecule has 0 unspecified atom stereocenters. The van der Waals surface area contributed by atoms with Crippen LogP contribution in [0.25, 0.3) is 22.1 Å². The van der Waals surface area contributed by atoms with Crippen LogP contribution in [0.5, 0.6) is 11.5 Å². The predicted octanol–water partition coefficient (Wildman–Crippen LogP) is 3.48. The van der Waals surface area contributed by atoms with Gasteiger partial charge in [-0.3, -0.25) is 0 Å². The number of aryl methyl sites for hydroxylation is 1. The number of hydrogen-bond donors (Lipinski definition) is 1. The largest absolute Gasteiger partial charge is 0.507 e. The molecule has 0 aliphatic carbocycles. The van der Waals surface area contributed by atoms with Gasteiger partial charge in [0.25, 0.3) is 0 Å². The molecule has 0 spiro atoms. The van der Waals surface area contributed by atoms with Crippen LogP contribution in [0.2, 0.25) is 0 Å². The molecule has 21 heavy (non-hydrogen) atoms. The van der Waals surface area contributed by atoms with Gasteiger partial charge in [-0.25, -0.2) is 4.79 Å². The molecule has 4 nitrogen and oxygen atoms in total. The summed E-state index contributed by atoms with van der Waals surface area (Å²) in [4.78, 5) is 11.8. The van der Waals surface area contributed by atoms with E-state index in [4.69, 9.17) is 9.15 Å². The third-order valence-corrected chi connectivity index (χ3v) is 3.37. The minimum atomic E-state index is -0.446. The van der Waals surface area contributed by atoms with Gasteiger partial charge in [0.2, 0.25) is 0 Å². The predicted molar refractivity (Wildman–Crippen MR) is 80.9 cm³/mol. The number of phenolic OH excluding ortho intramolecular Hbond substituents is 1. The van der Waals surface area contributed by atoms with Crippen LogP contribution in [0, 0.1) is 6.92 Å². The van der Waals surface area contributed by atoms with E-state index in [1.54, 1.807) is 31.4 Å². The lowest BCUT2D eigenvalue weighted by atomic mass is 10.0. The quantitative estimate of drug-likeness (QED) is 0.731. The summed E-state index contributed by atoms with van der Waals surface area (Å²) in [6.45, 7) is 1.83. The van der Waals surface area contributed by atoms with Crippen molar-refractivity contribution in [2.45, 2.75) is 6.92 Å². The lowest BCUT2D eigenvalue weighted by molar-refractivity contribution is 0.415. The molecular weight excluding hydrogens is 268 g/mol. The number of methoxy groups -OCH3 is 1. The van der Waals surface area contributed by atoms with Crippen LogP contribution in [0.15, 0.2) is 51.7 Å². The summed E-state index contributed by atoms with van der Waals surface area (Å²) in [6, 6.07) is 12.1. The Balaban J connectivity index is 2.32. The molecule has 0 radical (unpaired) electrons. The third-order valence-electron chi connectivity index (χ3n) is 3.37. The summed E-state index contributed by atoms with van der Waals surface area (Å²) in [5.41, 5.74) is 2.22. The summed E-state index contributed by atoms with van der Waals surface area (Å²) >= 11 is 0. The van der Waals surface area contributed by atoms with Gasteiger partial charge in [0.05, 0.1) is 12.5 Å². The Labute approximate surface area is 121 Å². The van der Waals surface area contributed by atoms with Gasteiger partial charge in [-0.2, -0.15) is 0 Å². The van der Waals surface area contributed by atoms with Crippen molar-refractivity contribution < 1.29 is 14.3 Å². The van der Waals surface area contributed by atoms with Gasteiger partial charge in [-0.1, -0.05) is 12.1 Å². The molecule has 2 aromatic carbocycles. The van der Waals surface area contributed by atoms with Crippen LogP contribution in [-0.2, 0) is 0 Å². The maximum atomic E-state index is 11.8. The van der Waals surface area contributed by atoms with Gasteiger partial charge in [0, 0.05) is 11.6 Å². The number of fused-ring (bicyclic) bond motifs is 1. The molecule has 0 atom stereocenters. The SMILES string of the molecule is COc1ccc(-c2cc(=O)oc3cc(C)cc(O)c23)cc1. The molecule has 4 heteroatoms. The van der Waals surface area contributed by atoms with Crippen LogP contribution in [0.4, 0.5) is 0 Å². The highest BCUT2D eigenvalue weighted by atomic mass is 16.5. The van der Waals surface area contributed by atoms with E-state index in [0.717, 1.165) is 16.9 Å². The minimum Gasteiger partial charge on any atom is -0.507 e. The zero-order chi connectivity index (χ0) is 15.0. The molecule has 0 saturated carbocycles. The van der Waals surface area contributed by atoms with E-state index in [1.807, 2.05) is 19.1 Å². The monoisotopic (exact) mass is 282 g/mol. The van der Waals surface area contributed by atoms with Crippen molar-refractivity contribution in [1.82, 2.24) is 0 Å². The van der Waals surface area contributed by atoms with Crippen molar-refractivity contribution in [3.8, 4) is 22.6 Å². The zero-order valence-corrected chi connectivity index (χ0v) is 11.7. The van der Waals surface area contributed by atoms with Gasteiger partial charge in [-0.05, 0) is 42.3 Å². The average Bonchev–Trinajstić information content (AvgIpc) is 2.45. The molecule has 0 fully saturated rings. The number of hydrogen-bond acceptors (Lipinski definition) is 4. The molecule has 3 aromatic rings. The number of rotatable bonds is 2. The van der Waals surface area contributed by atoms with Crippen LogP contribution in [-0.4, -0.2) is 12.2 Å². The number of phenols is 1. The smallest absolute Gasteiger partial charge is 0.336 e. The Morgan fingerprint density at radius 2 is 1.81 bits per heavy atom. The van der Waals surface area contributed by atoms with Crippen molar-refractivity contribution in [3.05, 3.63) is 58.4 Å². The van der Waals surface area contributed by atoms with Crippen molar-refractivity contribution in [3.63, 3.8) is 0 Å². The fourth-order valence-electron chi connectivity index (χ4n) is 2.41. The molecule has 106 valence electrons. The minimum absolute atomic E-state index is 0.0968. The molecule has 1 heterocycles. The molecule has 3 rings (SSSR count). The summed E-state index contributed by atoms with van der Waals surface area (Å²) in [7, 11) is 1.59. The highest BCUT2D eigenvalue weighted by molar-refractivity contribution is 5.97. The van der Waals surface area contributed by atoms with Crippen LogP contribution < -0.4 is 10.4 Å². The van der Waals surface area contributed by atoms with Gasteiger partial charge in [-0.15, -0.1) is 0 Å². The second kappa shape index (κ2) is 4.98. The Hall–Kier alpha value is -2.75. The molecular formula is C17H14O4. The Morgan fingerprint density at radius 3 is 2.48 bits per heavy atom. The first-order chi connectivity index (χ1) is 10.1. The fourth-order valence-corrected chi connectivity index (χ4v) is 2.41. The van der Waals surface area contributed by atoms with E-state index in [-0.39, 0.29) is 5.75 Å². The van der Waals surface area contributed by atoms with E-state index in [0.29, 0.717) is 16.5 Å². The van der Waals surface area contributed by atoms with Gasteiger partial charge >= 0.3 is 5.63 Å². The highest BCUT2D eigenvalue weighted by Crippen LogP contribution is 2.35. The second-order valence-electron chi connectivity index (χ2n) is 4.86. The van der Waals surface area contributed by atoms with Crippen molar-refractivity contribution >= 4 is 11.0 Å². The average molecular weight is 282 g/mol. The maximum Gasteiger partial charge on any atom is 0.336 e. The van der Waals surface area contributed by atoms with Crippen LogP contribution in [0.1, 0.15) is 5.56 Å². The zero-order valence-electron chi connectivity index (χ0n) is 11.7. The van der Waals surface area contributed by atoms with E-state index < -0.39 is 5.63 Å². The molecule has 1 N–H and O–H groups in total. The van der Waals surface area contributed by atoms with Crippen molar-refractivity contribution in [1.29, 1.82) is 0 Å². The highest BCUT2D eigenvalue weighted by Gasteiger charge is 2.12. The normalized spacial score (nSPS) is 10.8. The van der Waals surface area contributed by atoms with E-state index in [1.165, 1.54) is 6.07 Å². The maximum absolute atomic E-state index is 11.8. The van der Waals surface area contributed by atoms with Crippen LogP contribution in [0.3, 0.4) is 0 Å². The Kier molecular flexibility index (Phi) is 3.14.